The second kappa shape index (κ2) is 32.7. The van der Waals surface area contributed by atoms with Gasteiger partial charge in [0, 0.05) is 43.7 Å². The Morgan fingerprint density at radius 3 is 1.38 bits per heavy atom. The van der Waals surface area contributed by atoms with Gasteiger partial charge in [0.05, 0.1) is 28.5 Å². The topological polar surface area (TPSA) is 176 Å². The van der Waals surface area contributed by atoms with Gasteiger partial charge in [-0.2, -0.15) is 14.7 Å². The van der Waals surface area contributed by atoms with E-state index in [1.165, 1.54) is 11.1 Å². The molecule has 94 heavy (non-hydrogen) atoms. The third-order valence-electron chi connectivity index (χ3n) is 15.0. The summed E-state index contributed by atoms with van der Waals surface area (Å²) in [5.74, 6) is 1.49. The maximum Gasteiger partial charge on any atom is 0.373 e. The summed E-state index contributed by atoms with van der Waals surface area (Å²) < 4.78 is 0. The maximum absolute atomic E-state index is 13.1. The molecule has 3 N–H and O–H groups in total. The van der Waals surface area contributed by atoms with Gasteiger partial charge in [0.1, 0.15) is 6.54 Å². The highest BCUT2D eigenvalue weighted by Gasteiger charge is 2.41. The number of benzene rings is 9. The molecule has 0 unspecified atom stereocenters. The third kappa shape index (κ3) is 19.1. The number of nitrogens with two attached hydrogens (primary N) is 1. The molecule has 14 nitrogen and oxygen atoms in total. The van der Waals surface area contributed by atoms with E-state index >= 15 is 0 Å². The van der Waals surface area contributed by atoms with Crippen molar-refractivity contribution in [2.75, 3.05) is 40.5 Å². The Morgan fingerprint density at radius 1 is 0.543 bits per heavy atom. The minimum Gasteiger partial charge on any atom is -0.397 e. The monoisotopic (exact) mass is 1250 g/mol. The summed E-state index contributed by atoms with van der Waals surface area (Å²) in [7, 11) is 0. The molecule has 0 fully saturated rings. The van der Waals surface area contributed by atoms with Gasteiger partial charge in [0.2, 0.25) is 11.7 Å². The molecule has 1 aliphatic rings. The quantitative estimate of drug-likeness (QED) is 0.0555. The van der Waals surface area contributed by atoms with Gasteiger partial charge in [-0.15, -0.1) is 20.1 Å². The predicted octanol–water partition coefficient (Wildman–Crippen LogP) is 18.1. The standard InChI is InChI=1S/C43H40N6.C31H37N5O.C5H12.CO2/c1-32(2)30-48(31-33-17-7-3-8-18-33)41-28-27-34(29-40(41)44)38-25-15-16-26-39(38)42-45-47-49(46-42)43(35-19-9-4-10-20-35,36-21-11-5-12-22-36)37-23-13-6-14-24-37;1-22(2)20-36(21-23-11-7-6-8-12-23)29-16-15-24(17-27(29)33-30(37)18-31(3,4)5)25-13-9-10-14-26(25)28-19-32-35-34-28;1-5(2,3)4;2-1-3/h3-29,32H,30-31,44H2,1-2H3;6-17,22H,18-21H2,1-5H3,(H,33,37);1-4H3;. The lowest BCUT2D eigenvalue weighted by molar-refractivity contribution is -0.191. The predicted molar refractivity (Wildman–Crippen MR) is 383 cm³/mol. The summed E-state index contributed by atoms with van der Waals surface area (Å²) in [5.41, 5.74) is 22.4. The van der Waals surface area contributed by atoms with Crippen LogP contribution < -0.4 is 20.9 Å². The number of hydrogen-bond acceptors (Lipinski definition) is 12. The Balaban J connectivity index is 0.000000223. The molecule has 9 aromatic carbocycles. The van der Waals surface area contributed by atoms with Crippen LogP contribution in [0.1, 0.15) is 116 Å². The van der Waals surface area contributed by atoms with Gasteiger partial charge in [-0.3, -0.25) is 4.79 Å². The molecule has 0 atom stereocenters. The Kier molecular flexibility index (Phi) is 24.2. The molecule has 1 aromatic heterocycles. The number of hydrogen-bond donors (Lipinski definition) is 2. The Hall–Kier alpha value is -10.4. The smallest absolute Gasteiger partial charge is 0.373 e. The Morgan fingerprint density at radius 2 is 0.947 bits per heavy atom. The normalized spacial score (nSPS) is 11.9. The van der Waals surface area contributed by atoms with Crippen molar-refractivity contribution in [1.82, 2.24) is 20.2 Å². The highest BCUT2D eigenvalue weighted by molar-refractivity contribution is 6.08. The fraction of sp³-hybridized carbons (Fsp3) is 0.275. The molecule has 11 rings (SSSR count). The van der Waals surface area contributed by atoms with Crippen molar-refractivity contribution in [2.45, 2.75) is 101 Å². The van der Waals surface area contributed by atoms with E-state index in [0.29, 0.717) is 36.0 Å². The molecule has 0 saturated carbocycles. The molecule has 14 heteroatoms. The summed E-state index contributed by atoms with van der Waals surface area (Å²) in [6.45, 7) is 27.7. The van der Waals surface area contributed by atoms with E-state index in [2.05, 4.69) is 295 Å². The van der Waals surface area contributed by atoms with Crippen LogP contribution in [-0.2, 0) is 33.0 Å². The fourth-order valence-corrected chi connectivity index (χ4v) is 11.4. The van der Waals surface area contributed by atoms with Crippen LogP contribution in [0.5, 0.6) is 0 Å². The number of amides is 1. The summed E-state index contributed by atoms with van der Waals surface area (Å²) >= 11 is 0. The molecule has 0 aliphatic carbocycles. The van der Waals surface area contributed by atoms with E-state index in [1.807, 2.05) is 48.5 Å². The number of carbonyl (C=O) groups excluding carboxylic acids is 3. The molecule has 1 aliphatic heterocycles. The van der Waals surface area contributed by atoms with E-state index in [-0.39, 0.29) is 17.5 Å². The molecule has 0 spiro atoms. The summed E-state index contributed by atoms with van der Waals surface area (Å²) in [6, 6.07) is 81.3. The zero-order chi connectivity index (χ0) is 67.3. The number of nitrogens with zero attached hydrogens (tertiary/aromatic N) is 9. The van der Waals surface area contributed by atoms with Crippen LogP contribution in [0.3, 0.4) is 0 Å². The van der Waals surface area contributed by atoms with Gasteiger partial charge in [0.15, 0.2) is 5.54 Å². The summed E-state index contributed by atoms with van der Waals surface area (Å²) in [4.78, 5) is 35.9. The van der Waals surface area contributed by atoms with Crippen LogP contribution in [0.25, 0.3) is 33.6 Å². The average Bonchev–Trinajstić information content (AvgIpc) is 1.46. The molecule has 2 heterocycles. The molecule has 482 valence electrons. The second-order valence-electron chi connectivity index (χ2n) is 27.1. The highest BCUT2D eigenvalue weighted by Crippen LogP contribution is 2.42. The summed E-state index contributed by atoms with van der Waals surface area (Å²) in [6.07, 6.45) is 0.690. The van der Waals surface area contributed by atoms with Gasteiger partial charge in [-0.1, -0.05) is 288 Å². The van der Waals surface area contributed by atoms with Gasteiger partial charge in [-0.25, -0.2) is 0 Å². The lowest BCUT2D eigenvalue weighted by atomic mass is 9.77. The number of anilines is 4. The van der Waals surface area contributed by atoms with Crippen molar-refractivity contribution in [3.63, 3.8) is 0 Å². The van der Waals surface area contributed by atoms with Crippen molar-refractivity contribution in [1.29, 1.82) is 0 Å². The van der Waals surface area contributed by atoms with E-state index < -0.39 is 5.54 Å². The Labute approximate surface area is 555 Å². The van der Waals surface area contributed by atoms with E-state index in [1.54, 1.807) is 4.80 Å². The molecule has 10 aromatic rings. The van der Waals surface area contributed by atoms with Gasteiger partial charge < -0.3 is 20.9 Å². The van der Waals surface area contributed by atoms with Gasteiger partial charge >= 0.3 is 6.15 Å². The molecular formula is C80H89N11O3. The third-order valence-corrected chi connectivity index (χ3v) is 15.0. The van der Waals surface area contributed by atoms with Crippen LogP contribution in [0, 0.1) is 22.7 Å². The number of nitrogens with one attached hydrogen (secondary N) is 1. The minimum atomic E-state index is -0.853. The zero-order valence-corrected chi connectivity index (χ0v) is 56.2. The molecule has 0 saturated heterocycles. The van der Waals surface area contributed by atoms with Crippen molar-refractivity contribution < 1.29 is 14.4 Å². The molecule has 1 amide bonds. The first kappa shape index (κ1) is 69.5. The number of tetrazole rings is 1. The lowest BCUT2D eigenvalue weighted by Crippen LogP contribution is -2.39. The number of nitrogen functional groups attached to an aromatic ring is 1. The number of carbonyl (C=O) groups is 1. The van der Waals surface area contributed by atoms with E-state index in [4.69, 9.17) is 30.7 Å². The van der Waals surface area contributed by atoms with Crippen molar-refractivity contribution in [3.8, 4) is 33.6 Å². The molecule has 0 radical (unpaired) electrons. The minimum absolute atomic E-state index is 0.0150. The van der Waals surface area contributed by atoms with Crippen LogP contribution in [0.15, 0.2) is 252 Å². The van der Waals surface area contributed by atoms with Gasteiger partial charge in [0.25, 0.3) is 0 Å². The summed E-state index contributed by atoms with van der Waals surface area (Å²) in [5, 5.41) is 30.0. The van der Waals surface area contributed by atoms with Crippen molar-refractivity contribution in [3.05, 3.63) is 270 Å². The van der Waals surface area contributed by atoms with Gasteiger partial charge in [-0.05, 0) is 107 Å². The van der Waals surface area contributed by atoms with Crippen molar-refractivity contribution >= 4 is 40.5 Å². The number of rotatable bonds is 20. The SMILES string of the molecule is CC(C)(C)C.CC(C)CN(Cc1ccccc1)c1ccc(-c2ccccc2-c2nnn(C(c3ccccc3)(c3ccccc3)c3ccccc3)n2)cc1N.CC(C)CN(Cc1ccccc1)c1ccc(-c2ccccc2C2=NN=NC2)cc1NC(=O)CC(C)(C)C.O=C=O. The number of aromatic nitrogens is 4. The van der Waals surface area contributed by atoms with Crippen LogP contribution in [0.2, 0.25) is 0 Å². The lowest BCUT2D eigenvalue weighted by Gasteiger charge is -2.34. The molecule has 0 bridgehead atoms. The first-order valence-corrected chi connectivity index (χ1v) is 32.2. The highest BCUT2D eigenvalue weighted by atomic mass is 16.2. The van der Waals surface area contributed by atoms with E-state index in [9.17, 15) is 4.79 Å². The zero-order valence-electron chi connectivity index (χ0n) is 56.2. The van der Waals surface area contributed by atoms with Crippen LogP contribution >= 0.6 is 0 Å². The Bertz CT molecular complexity index is 4010. The largest absolute Gasteiger partial charge is 0.397 e. The van der Waals surface area contributed by atoms with Crippen molar-refractivity contribution in [2.24, 2.45) is 38.1 Å². The first-order valence-electron chi connectivity index (χ1n) is 32.2. The maximum atomic E-state index is 13.1. The molecular weight excluding hydrogens is 1160 g/mol. The first-order chi connectivity index (χ1) is 45.1. The van der Waals surface area contributed by atoms with E-state index in [0.717, 1.165) is 105 Å². The van der Waals surface area contributed by atoms with Crippen LogP contribution in [-0.4, -0.2) is 57.6 Å². The fourth-order valence-electron chi connectivity index (χ4n) is 11.4. The van der Waals surface area contributed by atoms with Crippen LogP contribution in [0.4, 0.5) is 22.7 Å². The second-order valence-corrected chi connectivity index (χ2v) is 27.1. The average molecular weight is 1250 g/mol.